The van der Waals surface area contributed by atoms with E-state index < -0.39 is 0 Å². The van der Waals surface area contributed by atoms with Gasteiger partial charge in [0.05, 0.1) is 22.6 Å². The summed E-state index contributed by atoms with van der Waals surface area (Å²) in [5, 5.41) is 12.3. The minimum absolute atomic E-state index is 0.00340. The van der Waals surface area contributed by atoms with Gasteiger partial charge in [0.1, 0.15) is 5.75 Å². The van der Waals surface area contributed by atoms with Gasteiger partial charge in [0, 0.05) is 10.6 Å². The maximum Gasteiger partial charge on any atom is 0.234 e. The molecule has 2 aromatic carbocycles. The van der Waals surface area contributed by atoms with Gasteiger partial charge in [0.15, 0.2) is 5.82 Å². The Bertz CT molecular complexity index is 1030. The molecule has 0 saturated carbocycles. The van der Waals surface area contributed by atoms with Crippen LogP contribution < -0.4 is 15.9 Å². The summed E-state index contributed by atoms with van der Waals surface area (Å²) in [6.45, 7) is 3.85. The van der Waals surface area contributed by atoms with Crippen molar-refractivity contribution in [3.63, 3.8) is 0 Å². The van der Waals surface area contributed by atoms with E-state index in [1.807, 2.05) is 26.0 Å². The predicted octanol–water partition coefficient (Wildman–Crippen LogP) is 4.48. The molecule has 3 aromatic rings. The Hall–Kier alpha value is -2.42. The summed E-state index contributed by atoms with van der Waals surface area (Å²) in [6.07, 6.45) is -0.00340. The van der Waals surface area contributed by atoms with Gasteiger partial charge in [-0.1, -0.05) is 47.1 Å². The number of amides is 1. The number of carbonyl (C=O) groups is 1. The molecule has 3 rings (SSSR count). The van der Waals surface area contributed by atoms with Gasteiger partial charge in [-0.2, -0.15) is 0 Å². The van der Waals surface area contributed by atoms with E-state index in [9.17, 15) is 4.79 Å². The van der Waals surface area contributed by atoms with Crippen LogP contribution in [0.4, 0.5) is 5.69 Å². The number of carbonyl (C=O) groups excluding carboxylic acids is 1. The molecule has 7 nitrogen and oxygen atoms in total. The first-order chi connectivity index (χ1) is 13.8. The van der Waals surface area contributed by atoms with Gasteiger partial charge in [0.2, 0.25) is 11.1 Å². The fraction of sp³-hybridized carbons (Fsp3) is 0.211. The standard InChI is InChI=1S/C19H19Cl2N5O2S/c1-11(2)28-16-6-4-3-5-15(16)23-17(27)10-29-19-25-24-18(26(19)22)13-8-7-12(20)9-14(13)21/h3-9,11H,10,22H2,1-2H3,(H,23,27). The number of aromatic nitrogens is 3. The summed E-state index contributed by atoms with van der Waals surface area (Å²) >= 11 is 13.3. The van der Waals surface area contributed by atoms with Crippen LogP contribution in [0.1, 0.15) is 13.8 Å². The highest BCUT2D eigenvalue weighted by molar-refractivity contribution is 7.99. The Morgan fingerprint density at radius 3 is 2.72 bits per heavy atom. The SMILES string of the molecule is CC(C)Oc1ccccc1NC(=O)CSc1nnc(-c2ccc(Cl)cc2Cl)n1N. The lowest BCUT2D eigenvalue weighted by Crippen LogP contribution is -2.17. The van der Waals surface area contributed by atoms with E-state index in [-0.39, 0.29) is 17.8 Å². The second-order valence-electron chi connectivity index (χ2n) is 6.30. The average molecular weight is 452 g/mol. The molecule has 152 valence electrons. The number of thioether (sulfide) groups is 1. The molecule has 29 heavy (non-hydrogen) atoms. The van der Waals surface area contributed by atoms with Crippen LogP contribution in [-0.2, 0) is 4.79 Å². The largest absolute Gasteiger partial charge is 0.489 e. The molecule has 1 aromatic heterocycles. The first kappa shape index (κ1) is 21.3. The molecule has 10 heteroatoms. The van der Waals surface area contributed by atoms with E-state index in [0.29, 0.717) is 38.0 Å². The molecule has 0 saturated heterocycles. The van der Waals surface area contributed by atoms with Gasteiger partial charge in [-0.15, -0.1) is 10.2 Å². The van der Waals surface area contributed by atoms with Crippen molar-refractivity contribution in [2.24, 2.45) is 0 Å². The van der Waals surface area contributed by atoms with Crippen molar-refractivity contribution in [2.45, 2.75) is 25.1 Å². The number of hydrogen-bond donors (Lipinski definition) is 2. The van der Waals surface area contributed by atoms with Crippen LogP contribution in [0.25, 0.3) is 11.4 Å². The number of para-hydroxylation sites is 2. The second kappa shape index (κ2) is 9.39. The number of nitrogens with two attached hydrogens (primary N) is 1. The molecule has 0 bridgehead atoms. The maximum absolute atomic E-state index is 12.4. The summed E-state index contributed by atoms with van der Waals surface area (Å²) in [6, 6.07) is 12.3. The minimum atomic E-state index is -0.219. The van der Waals surface area contributed by atoms with Crippen molar-refractivity contribution < 1.29 is 9.53 Å². The Balaban J connectivity index is 1.67. The number of anilines is 1. The van der Waals surface area contributed by atoms with Gasteiger partial charge >= 0.3 is 0 Å². The van der Waals surface area contributed by atoms with Crippen molar-refractivity contribution in [1.82, 2.24) is 14.9 Å². The number of benzene rings is 2. The smallest absolute Gasteiger partial charge is 0.234 e. The Morgan fingerprint density at radius 1 is 1.24 bits per heavy atom. The lowest BCUT2D eigenvalue weighted by molar-refractivity contribution is -0.113. The van der Waals surface area contributed by atoms with Crippen molar-refractivity contribution >= 4 is 46.6 Å². The summed E-state index contributed by atoms with van der Waals surface area (Å²) in [4.78, 5) is 12.4. The first-order valence-electron chi connectivity index (χ1n) is 8.69. The molecule has 0 aliphatic heterocycles. The molecule has 0 aliphatic rings. The van der Waals surface area contributed by atoms with Crippen LogP contribution in [0, 0.1) is 0 Å². The zero-order valence-corrected chi connectivity index (χ0v) is 18.1. The normalized spacial score (nSPS) is 10.9. The maximum atomic E-state index is 12.4. The summed E-state index contributed by atoms with van der Waals surface area (Å²) in [5.41, 5.74) is 1.21. The van der Waals surface area contributed by atoms with E-state index in [1.165, 1.54) is 4.68 Å². The number of nitrogen functional groups attached to an aromatic ring is 1. The molecule has 1 amide bonds. The lowest BCUT2D eigenvalue weighted by Gasteiger charge is -2.14. The number of ether oxygens (including phenoxy) is 1. The van der Waals surface area contributed by atoms with Crippen molar-refractivity contribution in [3.8, 4) is 17.1 Å². The first-order valence-corrected chi connectivity index (χ1v) is 10.4. The predicted molar refractivity (Wildman–Crippen MR) is 117 cm³/mol. The highest BCUT2D eigenvalue weighted by atomic mass is 35.5. The average Bonchev–Trinajstić information content (AvgIpc) is 3.02. The Morgan fingerprint density at radius 2 is 2.00 bits per heavy atom. The van der Waals surface area contributed by atoms with Crippen molar-refractivity contribution in [1.29, 1.82) is 0 Å². The summed E-state index contributed by atoms with van der Waals surface area (Å²) < 4.78 is 7.00. The van der Waals surface area contributed by atoms with Crippen molar-refractivity contribution in [3.05, 3.63) is 52.5 Å². The second-order valence-corrected chi connectivity index (χ2v) is 8.09. The molecule has 0 unspecified atom stereocenters. The molecular formula is C19H19Cl2N5O2S. The Kier molecular flexibility index (Phi) is 6.89. The molecule has 0 atom stereocenters. The number of rotatable bonds is 7. The lowest BCUT2D eigenvalue weighted by atomic mass is 10.2. The summed E-state index contributed by atoms with van der Waals surface area (Å²) in [7, 11) is 0. The van der Waals surface area contributed by atoms with Crippen LogP contribution in [-0.4, -0.2) is 32.6 Å². The van der Waals surface area contributed by atoms with E-state index in [0.717, 1.165) is 11.8 Å². The fourth-order valence-electron chi connectivity index (χ4n) is 2.47. The van der Waals surface area contributed by atoms with Gasteiger partial charge in [-0.3, -0.25) is 4.79 Å². The monoisotopic (exact) mass is 451 g/mol. The zero-order valence-electron chi connectivity index (χ0n) is 15.7. The molecule has 3 N–H and O–H groups in total. The van der Waals surface area contributed by atoms with E-state index in [4.69, 9.17) is 33.8 Å². The number of nitrogens with zero attached hydrogens (tertiary/aromatic N) is 3. The quantitative estimate of drug-likeness (QED) is 0.405. The number of hydrogen-bond acceptors (Lipinski definition) is 6. The third-order valence-corrected chi connectivity index (χ3v) is 5.18. The van der Waals surface area contributed by atoms with E-state index >= 15 is 0 Å². The van der Waals surface area contributed by atoms with E-state index in [2.05, 4.69) is 15.5 Å². The third kappa shape index (κ3) is 5.35. The molecule has 1 heterocycles. The van der Waals surface area contributed by atoms with Crippen LogP contribution in [0.5, 0.6) is 5.75 Å². The van der Waals surface area contributed by atoms with Gasteiger partial charge in [-0.25, -0.2) is 4.68 Å². The van der Waals surface area contributed by atoms with Crippen LogP contribution >= 0.6 is 35.0 Å². The van der Waals surface area contributed by atoms with Gasteiger partial charge in [0.25, 0.3) is 0 Å². The zero-order chi connectivity index (χ0) is 21.0. The topological polar surface area (TPSA) is 95.1 Å². The number of halogens is 2. The third-order valence-electron chi connectivity index (χ3n) is 3.69. The molecule has 0 fully saturated rings. The number of nitrogens with one attached hydrogen (secondary N) is 1. The summed E-state index contributed by atoms with van der Waals surface area (Å²) in [5.74, 6) is 6.96. The Labute approximate surface area is 182 Å². The highest BCUT2D eigenvalue weighted by Crippen LogP contribution is 2.30. The molecule has 0 spiro atoms. The van der Waals surface area contributed by atoms with Gasteiger partial charge in [-0.05, 0) is 44.2 Å². The van der Waals surface area contributed by atoms with Crippen molar-refractivity contribution in [2.75, 3.05) is 16.9 Å². The molecule has 0 radical (unpaired) electrons. The fourth-order valence-corrected chi connectivity index (χ4v) is 3.62. The van der Waals surface area contributed by atoms with Crippen LogP contribution in [0.2, 0.25) is 10.0 Å². The van der Waals surface area contributed by atoms with Crippen LogP contribution in [0.3, 0.4) is 0 Å². The molecular weight excluding hydrogens is 433 g/mol. The van der Waals surface area contributed by atoms with Gasteiger partial charge < -0.3 is 15.9 Å². The minimum Gasteiger partial charge on any atom is -0.489 e. The van der Waals surface area contributed by atoms with E-state index in [1.54, 1.807) is 30.3 Å². The highest BCUT2D eigenvalue weighted by Gasteiger charge is 2.17. The van der Waals surface area contributed by atoms with Crippen LogP contribution in [0.15, 0.2) is 47.6 Å². The molecule has 0 aliphatic carbocycles.